The average Bonchev–Trinajstić information content (AvgIpc) is 2.62. The van der Waals surface area contributed by atoms with Crippen LogP contribution >= 0.6 is 0 Å². The average molecular weight is 333 g/mol. The van der Waals surface area contributed by atoms with Gasteiger partial charge in [-0.3, -0.25) is 10.1 Å². The molecule has 4 aromatic rings. The lowest BCUT2D eigenvalue weighted by Crippen LogP contribution is -2.25. The molecule has 0 radical (unpaired) electrons. The van der Waals surface area contributed by atoms with Crippen molar-refractivity contribution in [3.63, 3.8) is 0 Å². The Morgan fingerprint density at radius 2 is 1.64 bits per heavy atom. The van der Waals surface area contributed by atoms with Gasteiger partial charge in [0.1, 0.15) is 6.10 Å². The number of aliphatic hydroxyl groups is 2. The largest absolute Gasteiger partial charge is 0.390 e. The van der Waals surface area contributed by atoms with Crippen LogP contribution in [-0.2, 0) is 6.42 Å². The molecule has 4 aromatic carbocycles. The SMILES string of the molecule is O=[N+]([O-])c1ccc2ccc3cc4c(c5ccc1c2c35)CC[C@H](O)[C@H]4O. The summed E-state index contributed by atoms with van der Waals surface area (Å²) in [5.41, 5.74) is 1.90. The van der Waals surface area contributed by atoms with E-state index in [2.05, 4.69) is 0 Å². The first-order valence-corrected chi connectivity index (χ1v) is 8.30. The third kappa shape index (κ3) is 1.85. The van der Waals surface area contributed by atoms with E-state index in [1.54, 1.807) is 18.2 Å². The first-order valence-electron chi connectivity index (χ1n) is 8.30. The second-order valence-corrected chi connectivity index (χ2v) is 6.76. The van der Waals surface area contributed by atoms with Crippen molar-refractivity contribution in [2.75, 3.05) is 0 Å². The summed E-state index contributed by atoms with van der Waals surface area (Å²) in [5.74, 6) is 0. The number of fused-ring (bicyclic) bond motifs is 2. The number of non-ortho nitro benzene ring substituents is 1. The summed E-state index contributed by atoms with van der Waals surface area (Å²) in [5, 5.41) is 37.2. The molecule has 0 aromatic heterocycles. The fourth-order valence-corrected chi connectivity index (χ4v) is 4.30. The Bertz CT molecular complexity index is 1170. The molecule has 1 aliphatic carbocycles. The van der Waals surface area contributed by atoms with Gasteiger partial charge in [0.05, 0.1) is 16.4 Å². The lowest BCUT2D eigenvalue weighted by atomic mass is 9.81. The summed E-state index contributed by atoms with van der Waals surface area (Å²) in [6.07, 6.45) is -0.441. The van der Waals surface area contributed by atoms with E-state index in [9.17, 15) is 20.3 Å². The lowest BCUT2D eigenvalue weighted by molar-refractivity contribution is -0.383. The van der Waals surface area contributed by atoms with Crippen molar-refractivity contribution >= 4 is 38.0 Å². The van der Waals surface area contributed by atoms with Crippen molar-refractivity contribution in [2.45, 2.75) is 25.0 Å². The van der Waals surface area contributed by atoms with E-state index in [0.717, 1.165) is 38.1 Å². The van der Waals surface area contributed by atoms with E-state index < -0.39 is 12.2 Å². The Hall–Kier alpha value is -2.76. The minimum absolute atomic E-state index is 0.107. The second kappa shape index (κ2) is 4.88. The molecule has 5 heteroatoms. The highest BCUT2D eigenvalue weighted by molar-refractivity contribution is 6.25. The fourth-order valence-electron chi connectivity index (χ4n) is 4.30. The van der Waals surface area contributed by atoms with Gasteiger partial charge < -0.3 is 10.2 Å². The Balaban J connectivity index is 1.99. The highest BCUT2D eigenvalue weighted by atomic mass is 16.6. The molecule has 0 heterocycles. The van der Waals surface area contributed by atoms with E-state index >= 15 is 0 Å². The molecule has 25 heavy (non-hydrogen) atoms. The summed E-state index contributed by atoms with van der Waals surface area (Å²) in [6, 6.07) is 12.9. The van der Waals surface area contributed by atoms with Crippen molar-refractivity contribution in [3.05, 3.63) is 63.7 Å². The number of nitrogens with zero attached hydrogens (tertiary/aromatic N) is 1. The van der Waals surface area contributed by atoms with E-state index in [4.69, 9.17) is 0 Å². The van der Waals surface area contributed by atoms with Gasteiger partial charge in [0.25, 0.3) is 5.69 Å². The van der Waals surface area contributed by atoms with Crippen LogP contribution in [0.1, 0.15) is 23.7 Å². The monoisotopic (exact) mass is 333 g/mol. The Labute approximate surface area is 142 Å². The third-order valence-corrected chi connectivity index (χ3v) is 5.48. The second-order valence-electron chi connectivity index (χ2n) is 6.76. The Morgan fingerprint density at radius 3 is 2.44 bits per heavy atom. The summed E-state index contributed by atoms with van der Waals surface area (Å²) < 4.78 is 0. The number of nitro groups is 1. The summed E-state index contributed by atoms with van der Waals surface area (Å²) >= 11 is 0. The van der Waals surface area contributed by atoms with Gasteiger partial charge in [0.15, 0.2) is 0 Å². The van der Waals surface area contributed by atoms with Crippen LogP contribution in [0.4, 0.5) is 5.69 Å². The number of benzene rings is 4. The minimum atomic E-state index is -0.889. The van der Waals surface area contributed by atoms with Gasteiger partial charge >= 0.3 is 0 Å². The summed E-state index contributed by atoms with van der Waals surface area (Å²) in [4.78, 5) is 11.1. The van der Waals surface area contributed by atoms with Crippen molar-refractivity contribution in [2.24, 2.45) is 0 Å². The van der Waals surface area contributed by atoms with Crippen molar-refractivity contribution in [1.29, 1.82) is 0 Å². The zero-order valence-corrected chi connectivity index (χ0v) is 13.3. The molecule has 0 spiro atoms. The number of aliphatic hydroxyl groups excluding tert-OH is 2. The van der Waals surface area contributed by atoms with Crippen LogP contribution in [0.2, 0.25) is 0 Å². The smallest absolute Gasteiger partial charge is 0.277 e. The van der Waals surface area contributed by atoms with Gasteiger partial charge in [0.2, 0.25) is 0 Å². The van der Waals surface area contributed by atoms with Gasteiger partial charge in [-0.2, -0.15) is 0 Å². The Morgan fingerprint density at radius 1 is 0.960 bits per heavy atom. The van der Waals surface area contributed by atoms with Crippen molar-refractivity contribution in [3.8, 4) is 0 Å². The molecular formula is C20H15NO4. The molecule has 0 fully saturated rings. The molecule has 0 unspecified atom stereocenters. The number of nitro benzene ring substituents is 1. The van der Waals surface area contributed by atoms with Crippen molar-refractivity contribution < 1.29 is 15.1 Å². The molecule has 0 bridgehead atoms. The highest BCUT2D eigenvalue weighted by Gasteiger charge is 2.29. The number of rotatable bonds is 1. The predicted octanol–water partition coefficient (Wildman–Crippen LogP) is 3.83. The van der Waals surface area contributed by atoms with Crippen LogP contribution in [0.3, 0.4) is 0 Å². The van der Waals surface area contributed by atoms with E-state index in [1.165, 1.54) is 0 Å². The van der Waals surface area contributed by atoms with E-state index in [-0.39, 0.29) is 10.6 Å². The standard InChI is InChI=1S/C20H15NO4/c22-17-8-6-12-13-4-5-14-16(21(24)25)7-3-10-1-2-11(19(13)18(10)14)9-15(12)20(17)23/h1-5,7,9,17,20,22-23H,6,8H2/t17-,20-/m0/s1. The van der Waals surface area contributed by atoms with E-state index in [1.807, 2.05) is 24.3 Å². The Kier molecular flexibility index (Phi) is 2.84. The van der Waals surface area contributed by atoms with Crippen LogP contribution in [-0.4, -0.2) is 21.2 Å². The minimum Gasteiger partial charge on any atom is -0.390 e. The topological polar surface area (TPSA) is 83.6 Å². The molecule has 0 saturated heterocycles. The van der Waals surface area contributed by atoms with Crippen LogP contribution < -0.4 is 0 Å². The molecule has 1 aliphatic rings. The molecule has 5 nitrogen and oxygen atoms in total. The first-order chi connectivity index (χ1) is 12.1. The van der Waals surface area contributed by atoms with Gasteiger partial charge in [-0.15, -0.1) is 0 Å². The zero-order chi connectivity index (χ0) is 17.3. The molecule has 5 rings (SSSR count). The number of hydrogen-bond donors (Lipinski definition) is 2. The third-order valence-electron chi connectivity index (χ3n) is 5.48. The number of hydrogen-bond acceptors (Lipinski definition) is 4. The maximum absolute atomic E-state index is 11.4. The van der Waals surface area contributed by atoms with Gasteiger partial charge in [0, 0.05) is 11.5 Å². The van der Waals surface area contributed by atoms with Crippen molar-refractivity contribution in [1.82, 2.24) is 0 Å². The molecular weight excluding hydrogens is 318 g/mol. The molecule has 0 amide bonds. The van der Waals surface area contributed by atoms with Crippen LogP contribution in [0.25, 0.3) is 32.3 Å². The van der Waals surface area contributed by atoms with E-state index in [0.29, 0.717) is 18.2 Å². The molecule has 2 atom stereocenters. The molecule has 2 N–H and O–H groups in total. The highest BCUT2D eigenvalue weighted by Crippen LogP contribution is 2.43. The predicted molar refractivity (Wildman–Crippen MR) is 96.1 cm³/mol. The maximum Gasteiger partial charge on any atom is 0.277 e. The van der Waals surface area contributed by atoms with Gasteiger partial charge in [-0.1, -0.05) is 18.2 Å². The summed E-state index contributed by atoms with van der Waals surface area (Å²) in [6.45, 7) is 0. The zero-order valence-electron chi connectivity index (χ0n) is 13.3. The van der Waals surface area contributed by atoms with Crippen LogP contribution in [0.5, 0.6) is 0 Å². The molecule has 124 valence electrons. The fraction of sp³-hybridized carbons (Fsp3) is 0.200. The summed E-state index contributed by atoms with van der Waals surface area (Å²) in [7, 11) is 0. The quantitative estimate of drug-likeness (QED) is 0.315. The first kappa shape index (κ1) is 14.6. The molecule has 0 aliphatic heterocycles. The number of aryl methyl sites for hydroxylation is 1. The van der Waals surface area contributed by atoms with Gasteiger partial charge in [-0.25, -0.2) is 0 Å². The van der Waals surface area contributed by atoms with Gasteiger partial charge in [-0.05, 0) is 63.7 Å². The molecule has 0 saturated carbocycles. The normalized spacial score (nSPS) is 20.4. The maximum atomic E-state index is 11.4. The van der Waals surface area contributed by atoms with Crippen LogP contribution in [0, 0.1) is 10.1 Å². The van der Waals surface area contributed by atoms with Crippen LogP contribution in [0.15, 0.2) is 42.5 Å². The lowest BCUT2D eigenvalue weighted by Gasteiger charge is -2.28.